The lowest BCUT2D eigenvalue weighted by atomic mass is 10.2. The Balaban J connectivity index is 0.000000154. The smallest absolute Gasteiger partial charge is 0.353 e. The van der Waals surface area contributed by atoms with Gasteiger partial charge in [-0.15, -0.1) is 21.8 Å². The van der Waals surface area contributed by atoms with E-state index in [4.69, 9.17) is 46.3 Å². The van der Waals surface area contributed by atoms with E-state index in [1.54, 1.807) is 41.3 Å². The quantitative estimate of drug-likeness (QED) is 0.231. The number of hydrogen-bond donors (Lipinski definition) is 2. The van der Waals surface area contributed by atoms with E-state index < -0.39 is 0 Å². The van der Waals surface area contributed by atoms with E-state index in [1.165, 1.54) is 29.0 Å². The van der Waals surface area contributed by atoms with Crippen LogP contribution in [0.5, 0.6) is 0 Å². The number of fused-ring (bicyclic) bond motifs is 6. The zero-order valence-electron chi connectivity index (χ0n) is 25.4. The van der Waals surface area contributed by atoms with Crippen LogP contribution in [0.25, 0.3) is 39.6 Å². The van der Waals surface area contributed by atoms with E-state index in [2.05, 4.69) is 36.9 Å². The topological polar surface area (TPSA) is 192 Å². The van der Waals surface area contributed by atoms with Crippen molar-refractivity contribution in [1.29, 1.82) is 0 Å². The number of nitrogens with two attached hydrogens (primary N) is 2. The van der Waals surface area contributed by atoms with Gasteiger partial charge in [-0.2, -0.15) is 20.2 Å². The molecule has 0 aliphatic rings. The molecule has 0 spiro atoms. The number of anilines is 2. The number of hydrogen-bond acceptors (Lipinski definition) is 10. The predicted molar refractivity (Wildman–Crippen MR) is 188 cm³/mol. The monoisotopic (exact) mass is 718 g/mol. The Morgan fingerprint density at radius 3 is 1.73 bits per heavy atom. The molecule has 0 radical (unpaired) electrons. The second kappa shape index (κ2) is 12.7. The van der Waals surface area contributed by atoms with Crippen molar-refractivity contribution < 1.29 is 0 Å². The fraction of sp³-hybridized carbons (Fsp3) is 0.133. The van der Waals surface area contributed by atoms with E-state index in [1.807, 2.05) is 24.3 Å². The average Bonchev–Trinajstić information content (AvgIpc) is 3.83. The highest BCUT2D eigenvalue weighted by Crippen LogP contribution is 2.20. The Labute approximate surface area is 290 Å². The molecular formula is C30H25Cl3N14O2. The average molecular weight is 720 g/mol. The number of nitrogen functional groups attached to an aromatic ring is 2. The molecule has 16 nitrogen and oxygen atoms in total. The number of benzene rings is 2. The van der Waals surface area contributed by atoms with Crippen LogP contribution in [0.2, 0.25) is 10.0 Å². The lowest BCUT2D eigenvalue weighted by molar-refractivity contribution is 0.658. The lowest BCUT2D eigenvalue weighted by Crippen LogP contribution is -2.23. The fourth-order valence-electron chi connectivity index (χ4n) is 5.37. The number of halogens is 3. The van der Waals surface area contributed by atoms with E-state index >= 15 is 0 Å². The van der Waals surface area contributed by atoms with Crippen LogP contribution in [-0.2, 0) is 19.6 Å². The third-order valence-electron chi connectivity index (χ3n) is 7.55. The SMILES string of the molecule is C=Cn1ncc2c1nc(N)n1c(=O)n(Cc3cccc(Cl)c3)nc21.Nc1nc2c(cnn2CCCl)c2nn(Cc3cccc(Cl)c3)c(=O)n12. The Bertz CT molecular complexity index is 2660. The van der Waals surface area contributed by atoms with E-state index in [9.17, 15) is 9.59 Å². The summed E-state index contributed by atoms with van der Waals surface area (Å²) in [6, 6.07) is 14.5. The van der Waals surface area contributed by atoms with Gasteiger partial charge in [0, 0.05) is 22.1 Å². The van der Waals surface area contributed by atoms with E-state index in [0.29, 0.717) is 55.8 Å². The van der Waals surface area contributed by atoms with Crippen LogP contribution in [-0.4, -0.2) is 63.8 Å². The summed E-state index contributed by atoms with van der Waals surface area (Å²) < 4.78 is 8.31. The predicted octanol–water partition coefficient (Wildman–Crippen LogP) is 3.39. The standard InChI is InChI=1S/C15H13Cl2N7O.C15H12ClN7O/c16-4-5-22-12-11(7-19-22)13-21-23(15(25)24(13)14(18)20-12)8-9-2-1-3-10(17)6-9;1-2-21-12-11(7-18-21)13-20-22(15(24)23(13)14(17)19-12)8-9-4-3-5-10(16)6-9/h1-3,6-7H,4-5,8H2,(H2,18,20);2-7H,1,8H2,(H2,17,19). The van der Waals surface area contributed by atoms with Gasteiger partial charge in [0.1, 0.15) is 0 Å². The van der Waals surface area contributed by atoms with Crippen LogP contribution in [0.3, 0.4) is 0 Å². The highest BCUT2D eigenvalue weighted by Gasteiger charge is 2.19. The van der Waals surface area contributed by atoms with Gasteiger partial charge in [-0.25, -0.2) is 37.1 Å². The van der Waals surface area contributed by atoms with Gasteiger partial charge < -0.3 is 11.5 Å². The van der Waals surface area contributed by atoms with Gasteiger partial charge in [-0.1, -0.05) is 54.0 Å². The first-order valence-electron chi connectivity index (χ1n) is 14.6. The van der Waals surface area contributed by atoms with Crippen LogP contribution >= 0.6 is 34.8 Å². The Morgan fingerprint density at radius 2 is 1.22 bits per heavy atom. The summed E-state index contributed by atoms with van der Waals surface area (Å²) in [5, 5.41) is 19.6. The van der Waals surface area contributed by atoms with Crippen molar-refractivity contribution in [2.75, 3.05) is 17.3 Å². The van der Waals surface area contributed by atoms with Crippen molar-refractivity contribution in [2.45, 2.75) is 19.6 Å². The maximum absolute atomic E-state index is 12.7. The van der Waals surface area contributed by atoms with Gasteiger partial charge >= 0.3 is 11.4 Å². The number of nitrogens with zero attached hydrogens (tertiary/aromatic N) is 12. The molecule has 0 atom stereocenters. The molecule has 0 bridgehead atoms. The van der Waals surface area contributed by atoms with E-state index in [0.717, 1.165) is 11.1 Å². The molecule has 0 amide bonds. The van der Waals surface area contributed by atoms with Crippen LogP contribution in [0, 0.1) is 0 Å². The van der Waals surface area contributed by atoms with Gasteiger partial charge in [-0.3, -0.25) is 0 Å². The van der Waals surface area contributed by atoms with Crippen LogP contribution in [0.1, 0.15) is 11.1 Å². The summed E-state index contributed by atoms with van der Waals surface area (Å²) in [5.74, 6) is 0.490. The van der Waals surface area contributed by atoms with Crippen molar-refractivity contribution >= 4 is 86.3 Å². The van der Waals surface area contributed by atoms with Crippen molar-refractivity contribution in [3.8, 4) is 0 Å². The zero-order valence-corrected chi connectivity index (χ0v) is 27.6. The first kappa shape index (κ1) is 31.9. The molecule has 19 heteroatoms. The molecule has 0 aliphatic heterocycles. The van der Waals surface area contributed by atoms with Gasteiger partial charge in [-0.05, 0) is 35.4 Å². The maximum Gasteiger partial charge on any atom is 0.353 e. The molecule has 49 heavy (non-hydrogen) atoms. The number of aromatic nitrogens is 12. The molecule has 2 aromatic carbocycles. The molecule has 0 unspecified atom stereocenters. The Morgan fingerprint density at radius 1 is 0.714 bits per heavy atom. The first-order chi connectivity index (χ1) is 23.7. The molecule has 4 N–H and O–H groups in total. The minimum atomic E-state index is -0.372. The molecule has 0 fully saturated rings. The maximum atomic E-state index is 12.7. The third-order valence-corrected chi connectivity index (χ3v) is 8.19. The van der Waals surface area contributed by atoms with Crippen LogP contribution in [0.15, 0.2) is 77.1 Å². The molecule has 0 aliphatic carbocycles. The van der Waals surface area contributed by atoms with Gasteiger partial charge in [0.15, 0.2) is 22.6 Å². The van der Waals surface area contributed by atoms with Crippen LogP contribution in [0.4, 0.5) is 11.9 Å². The molecule has 6 aromatic heterocycles. The minimum absolute atomic E-state index is 0.0449. The molecule has 0 saturated heterocycles. The first-order valence-corrected chi connectivity index (χ1v) is 15.9. The van der Waals surface area contributed by atoms with Gasteiger partial charge in [0.2, 0.25) is 11.9 Å². The minimum Gasteiger partial charge on any atom is -0.369 e. The summed E-state index contributed by atoms with van der Waals surface area (Å²) in [6.45, 7) is 4.70. The van der Waals surface area contributed by atoms with Crippen molar-refractivity contribution in [1.82, 2.24) is 57.9 Å². The van der Waals surface area contributed by atoms with Crippen molar-refractivity contribution in [3.63, 3.8) is 0 Å². The number of alkyl halides is 1. The summed E-state index contributed by atoms with van der Waals surface area (Å²) in [5.41, 5.74) is 14.8. The van der Waals surface area contributed by atoms with Gasteiger partial charge in [0.25, 0.3) is 0 Å². The molecule has 8 rings (SSSR count). The molecule has 6 heterocycles. The second-order valence-electron chi connectivity index (χ2n) is 10.7. The molecule has 8 aromatic rings. The van der Waals surface area contributed by atoms with Crippen molar-refractivity contribution in [2.24, 2.45) is 0 Å². The van der Waals surface area contributed by atoms with Crippen molar-refractivity contribution in [3.05, 3.63) is 110 Å². The van der Waals surface area contributed by atoms with Gasteiger partial charge in [0.05, 0.1) is 42.8 Å². The molecule has 248 valence electrons. The largest absolute Gasteiger partial charge is 0.369 e. The normalized spacial score (nSPS) is 11.5. The zero-order chi connectivity index (χ0) is 34.4. The summed E-state index contributed by atoms with van der Waals surface area (Å²) in [4.78, 5) is 33.8. The van der Waals surface area contributed by atoms with Crippen LogP contribution < -0.4 is 22.8 Å². The summed E-state index contributed by atoms with van der Waals surface area (Å²) >= 11 is 17.8. The molecular weight excluding hydrogens is 695 g/mol. The van der Waals surface area contributed by atoms with E-state index in [-0.39, 0.29) is 36.4 Å². The highest BCUT2D eigenvalue weighted by atomic mass is 35.5. The molecule has 0 saturated carbocycles. The third kappa shape index (κ3) is 5.75. The lowest BCUT2D eigenvalue weighted by Gasteiger charge is -2.01. The number of aryl methyl sites for hydroxylation is 1. The summed E-state index contributed by atoms with van der Waals surface area (Å²) in [6.07, 6.45) is 4.70. The highest BCUT2D eigenvalue weighted by molar-refractivity contribution is 6.30. The number of rotatable bonds is 7. The Hall–Kier alpha value is -5.71. The second-order valence-corrected chi connectivity index (χ2v) is 12.0. The fourth-order valence-corrected chi connectivity index (χ4v) is 5.96. The Kier molecular flexibility index (Phi) is 8.27. The summed E-state index contributed by atoms with van der Waals surface area (Å²) in [7, 11) is 0.